The Kier molecular flexibility index (Phi) is 8.25. The van der Waals surface area contributed by atoms with Crippen LogP contribution >= 0.6 is 0 Å². The number of rotatable bonds is 8. The molecule has 4 aromatic rings. The molecule has 2 aromatic heterocycles. The van der Waals surface area contributed by atoms with Crippen molar-refractivity contribution in [3.8, 4) is 33.6 Å². The van der Waals surface area contributed by atoms with Crippen molar-refractivity contribution in [3.05, 3.63) is 72.6 Å². The maximum Gasteiger partial charge on any atom is 0.408 e. The lowest BCUT2D eigenvalue weighted by atomic mass is 10.0. The fourth-order valence-corrected chi connectivity index (χ4v) is 4.28. The molecule has 0 aliphatic heterocycles. The first kappa shape index (κ1) is 28.1. The van der Waals surface area contributed by atoms with E-state index in [1.165, 1.54) is 0 Å². The molecule has 4 rings (SSSR count). The molecular formula is C31H40N6O2. The van der Waals surface area contributed by atoms with Crippen molar-refractivity contribution in [2.75, 3.05) is 0 Å². The molecule has 8 heteroatoms. The van der Waals surface area contributed by atoms with E-state index in [4.69, 9.17) is 10.5 Å². The van der Waals surface area contributed by atoms with Crippen LogP contribution < -0.4 is 11.1 Å². The Morgan fingerprint density at radius 1 is 0.769 bits per heavy atom. The summed E-state index contributed by atoms with van der Waals surface area (Å²) in [5.41, 5.74) is 11.8. The van der Waals surface area contributed by atoms with Crippen LogP contribution in [0.25, 0.3) is 33.6 Å². The number of amides is 1. The quantitative estimate of drug-likeness (QED) is 0.196. The summed E-state index contributed by atoms with van der Waals surface area (Å²) in [6.07, 6.45) is 3.18. The Labute approximate surface area is 230 Å². The van der Waals surface area contributed by atoms with Crippen LogP contribution in [0.5, 0.6) is 0 Å². The molecule has 0 bridgehead atoms. The van der Waals surface area contributed by atoms with Crippen molar-refractivity contribution in [1.29, 1.82) is 0 Å². The van der Waals surface area contributed by atoms with E-state index in [9.17, 15) is 4.79 Å². The van der Waals surface area contributed by atoms with Gasteiger partial charge in [-0.3, -0.25) is 0 Å². The van der Waals surface area contributed by atoms with Gasteiger partial charge < -0.3 is 25.8 Å². The predicted octanol–water partition coefficient (Wildman–Crippen LogP) is 7.01. The Morgan fingerprint density at radius 3 is 1.64 bits per heavy atom. The number of aromatic amines is 2. The van der Waals surface area contributed by atoms with Crippen LogP contribution in [0.3, 0.4) is 0 Å². The second-order valence-corrected chi connectivity index (χ2v) is 11.7. The zero-order valence-corrected chi connectivity index (χ0v) is 23.9. The summed E-state index contributed by atoms with van der Waals surface area (Å²) in [6, 6.07) is 16.3. The molecule has 0 fully saturated rings. The summed E-state index contributed by atoms with van der Waals surface area (Å²) in [4.78, 5) is 28.1. The van der Waals surface area contributed by atoms with E-state index in [1.54, 1.807) is 6.20 Å². The number of carbonyl (C=O) groups is 1. The average molecular weight is 529 g/mol. The molecule has 1 amide bonds. The zero-order valence-electron chi connectivity index (χ0n) is 23.9. The highest BCUT2D eigenvalue weighted by Gasteiger charge is 2.25. The maximum atomic E-state index is 12.4. The molecule has 0 saturated heterocycles. The fraction of sp³-hybridized carbons (Fsp3) is 0.387. The zero-order chi connectivity index (χ0) is 28.3. The summed E-state index contributed by atoms with van der Waals surface area (Å²) >= 11 is 0. The number of nitrogens with zero attached hydrogens (tertiary/aromatic N) is 2. The van der Waals surface area contributed by atoms with Gasteiger partial charge in [-0.25, -0.2) is 14.8 Å². The van der Waals surface area contributed by atoms with E-state index < -0.39 is 11.7 Å². The predicted molar refractivity (Wildman–Crippen MR) is 156 cm³/mol. The largest absolute Gasteiger partial charge is 0.444 e. The third kappa shape index (κ3) is 6.95. The van der Waals surface area contributed by atoms with Gasteiger partial charge in [-0.2, -0.15) is 0 Å². The van der Waals surface area contributed by atoms with Crippen molar-refractivity contribution < 1.29 is 9.53 Å². The Balaban J connectivity index is 1.46. The number of aromatic nitrogens is 4. The molecule has 2 atom stereocenters. The smallest absolute Gasteiger partial charge is 0.408 e. The van der Waals surface area contributed by atoms with E-state index in [2.05, 4.69) is 87.6 Å². The first-order valence-electron chi connectivity index (χ1n) is 13.5. The minimum Gasteiger partial charge on any atom is -0.444 e. The molecule has 0 spiro atoms. The van der Waals surface area contributed by atoms with Crippen LogP contribution in [0.1, 0.15) is 72.2 Å². The van der Waals surface area contributed by atoms with E-state index in [0.29, 0.717) is 11.7 Å². The van der Waals surface area contributed by atoms with Gasteiger partial charge in [-0.05, 0) is 54.9 Å². The minimum absolute atomic E-state index is 0.111. The minimum atomic E-state index is -0.563. The molecule has 39 heavy (non-hydrogen) atoms. The van der Waals surface area contributed by atoms with Crippen LogP contribution in [0.15, 0.2) is 60.9 Å². The number of nitrogens with one attached hydrogen (secondary N) is 3. The van der Waals surface area contributed by atoms with Gasteiger partial charge in [-0.15, -0.1) is 0 Å². The topological polar surface area (TPSA) is 122 Å². The number of imidazole rings is 2. The lowest BCUT2D eigenvalue weighted by Gasteiger charge is -2.24. The normalized spacial score (nSPS) is 13.5. The number of carbonyl (C=O) groups excluding carboxylic acids is 1. The second-order valence-electron chi connectivity index (χ2n) is 11.7. The van der Waals surface area contributed by atoms with Crippen LogP contribution in [0.4, 0.5) is 4.79 Å². The summed E-state index contributed by atoms with van der Waals surface area (Å²) < 4.78 is 5.44. The Morgan fingerprint density at radius 2 is 1.21 bits per heavy atom. The average Bonchev–Trinajstić information content (AvgIpc) is 3.56. The molecule has 0 saturated carbocycles. The highest BCUT2D eigenvalue weighted by molar-refractivity contribution is 5.72. The third-order valence-corrected chi connectivity index (χ3v) is 6.58. The first-order valence-corrected chi connectivity index (χ1v) is 13.5. The van der Waals surface area contributed by atoms with Gasteiger partial charge >= 0.3 is 6.09 Å². The highest BCUT2D eigenvalue weighted by atomic mass is 16.6. The SMILES string of the molecule is CC(C)[C@H](N)c1ncc(-c2ccc(-c3ccc(-c4cnc([C@@H](NC(=O)OC(C)(C)C)C(C)C)[nH]4)cc3)cc2)[nH]1. The van der Waals surface area contributed by atoms with Gasteiger partial charge in [0.25, 0.3) is 0 Å². The molecule has 0 aliphatic carbocycles. The van der Waals surface area contributed by atoms with Gasteiger partial charge in [0, 0.05) is 0 Å². The third-order valence-electron chi connectivity index (χ3n) is 6.58. The van der Waals surface area contributed by atoms with Gasteiger partial charge in [0.1, 0.15) is 17.2 Å². The molecule has 0 aliphatic rings. The summed E-state index contributed by atoms with van der Waals surface area (Å²) in [7, 11) is 0. The molecule has 2 aromatic carbocycles. The molecule has 0 radical (unpaired) electrons. The van der Waals surface area contributed by atoms with Gasteiger partial charge in [-0.1, -0.05) is 76.2 Å². The highest BCUT2D eigenvalue weighted by Crippen LogP contribution is 2.29. The number of hydrogen-bond acceptors (Lipinski definition) is 5. The maximum absolute atomic E-state index is 12.4. The van der Waals surface area contributed by atoms with Crippen LogP contribution in [0, 0.1) is 11.8 Å². The van der Waals surface area contributed by atoms with E-state index in [0.717, 1.165) is 39.5 Å². The van der Waals surface area contributed by atoms with Crippen LogP contribution in [-0.2, 0) is 4.74 Å². The number of ether oxygens (including phenoxy) is 1. The summed E-state index contributed by atoms with van der Waals surface area (Å²) in [6.45, 7) is 13.8. The second kappa shape index (κ2) is 11.5. The Hall–Kier alpha value is -3.91. The number of nitrogens with two attached hydrogens (primary N) is 1. The molecule has 0 unspecified atom stereocenters. The molecule has 8 nitrogen and oxygen atoms in total. The van der Waals surface area contributed by atoms with E-state index in [-0.39, 0.29) is 18.0 Å². The number of benzene rings is 2. The van der Waals surface area contributed by atoms with Crippen molar-refractivity contribution in [2.24, 2.45) is 17.6 Å². The molecule has 2 heterocycles. The lowest BCUT2D eigenvalue weighted by molar-refractivity contribution is 0.0486. The first-order chi connectivity index (χ1) is 18.4. The van der Waals surface area contributed by atoms with Crippen molar-refractivity contribution in [3.63, 3.8) is 0 Å². The number of alkyl carbamates (subject to hydrolysis) is 1. The monoisotopic (exact) mass is 528 g/mol. The molecular weight excluding hydrogens is 488 g/mol. The van der Waals surface area contributed by atoms with Crippen LogP contribution in [0.2, 0.25) is 0 Å². The standard InChI is InChI=1S/C31H40N6O2/c1-18(2)26(32)28-33-16-24(35-28)22-12-8-20(9-13-22)21-10-14-23(15-11-21)25-17-34-29(36-25)27(19(3)4)37-30(38)39-31(5,6)7/h8-19,26-27H,32H2,1-7H3,(H,33,35)(H,34,36)(H,37,38)/t26-,27-/m0/s1. The molecule has 206 valence electrons. The van der Waals surface area contributed by atoms with E-state index in [1.807, 2.05) is 40.8 Å². The number of H-pyrrole nitrogens is 2. The molecule has 5 N–H and O–H groups in total. The van der Waals surface area contributed by atoms with Gasteiger partial charge in [0.2, 0.25) is 0 Å². The van der Waals surface area contributed by atoms with Crippen molar-refractivity contribution in [1.82, 2.24) is 25.3 Å². The van der Waals surface area contributed by atoms with Crippen molar-refractivity contribution >= 4 is 6.09 Å². The van der Waals surface area contributed by atoms with Gasteiger partial charge in [0.15, 0.2) is 0 Å². The summed E-state index contributed by atoms with van der Waals surface area (Å²) in [5, 5.41) is 2.95. The van der Waals surface area contributed by atoms with Gasteiger partial charge in [0.05, 0.1) is 35.9 Å². The fourth-order valence-electron chi connectivity index (χ4n) is 4.28. The summed E-state index contributed by atoms with van der Waals surface area (Å²) in [5.74, 6) is 1.94. The Bertz CT molecular complexity index is 1380. The van der Waals surface area contributed by atoms with E-state index >= 15 is 0 Å². The van der Waals surface area contributed by atoms with Crippen molar-refractivity contribution in [2.45, 2.75) is 66.2 Å². The lowest BCUT2D eigenvalue weighted by Crippen LogP contribution is -2.37. The van der Waals surface area contributed by atoms with Crippen LogP contribution in [-0.4, -0.2) is 31.6 Å². The number of hydrogen-bond donors (Lipinski definition) is 4.